The molecule has 0 amide bonds. The van der Waals surface area contributed by atoms with E-state index in [1.165, 1.54) is 5.56 Å². The summed E-state index contributed by atoms with van der Waals surface area (Å²) < 4.78 is 5.09. The SMILES string of the molecule is COc1ccc(C2CC(C=O)C2)cc1. The van der Waals surface area contributed by atoms with Gasteiger partial charge in [0.05, 0.1) is 7.11 Å². The number of aldehydes is 1. The van der Waals surface area contributed by atoms with Crippen LogP contribution in [0, 0.1) is 5.92 Å². The van der Waals surface area contributed by atoms with Gasteiger partial charge >= 0.3 is 0 Å². The van der Waals surface area contributed by atoms with Gasteiger partial charge in [-0.25, -0.2) is 0 Å². The predicted octanol–water partition coefficient (Wildman–Crippen LogP) is 2.39. The molecule has 0 spiro atoms. The van der Waals surface area contributed by atoms with Crippen molar-refractivity contribution in [1.82, 2.24) is 0 Å². The second kappa shape index (κ2) is 3.82. The molecule has 0 bridgehead atoms. The Labute approximate surface area is 83.9 Å². The zero-order valence-electron chi connectivity index (χ0n) is 8.27. The first-order valence-electron chi connectivity index (χ1n) is 4.92. The molecule has 0 unspecified atom stereocenters. The average molecular weight is 190 g/mol. The molecule has 0 aromatic heterocycles. The Kier molecular flexibility index (Phi) is 2.53. The van der Waals surface area contributed by atoms with Gasteiger partial charge in [-0.2, -0.15) is 0 Å². The van der Waals surface area contributed by atoms with Crippen LogP contribution in [-0.2, 0) is 4.79 Å². The molecule has 1 aliphatic rings. The van der Waals surface area contributed by atoms with E-state index in [1.54, 1.807) is 7.11 Å². The summed E-state index contributed by atoms with van der Waals surface area (Å²) in [5.74, 6) is 1.76. The smallest absolute Gasteiger partial charge is 0.123 e. The molecule has 0 heterocycles. The Morgan fingerprint density at radius 1 is 1.29 bits per heavy atom. The van der Waals surface area contributed by atoms with Gasteiger partial charge in [0, 0.05) is 5.92 Å². The van der Waals surface area contributed by atoms with Gasteiger partial charge in [-0.1, -0.05) is 12.1 Å². The van der Waals surface area contributed by atoms with Gasteiger partial charge in [0.15, 0.2) is 0 Å². The maximum absolute atomic E-state index is 10.4. The maximum atomic E-state index is 10.4. The molecule has 2 nitrogen and oxygen atoms in total. The second-order valence-corrected chi connectivity index (χ2v) is 3.84. The molecule has 2 heteroatoms. The highest BCUT2D eigenvalue weighted by molar-refractivity contribution is 5.56. The second-order valence-electron chi connectivity index (χ2n) is 3.84. The van der Waals surface area contributed by atoms with E-state index in [0.717, 1.165) is 24.9 Å². The molecule has 1 fully saturated rings. The van der Waals surface area contributed by atoms with Crippen LogP contribution in [0.2, 0.25) is 0 Å². The molecule has 1 aromatic carbocycles. The highest BCUT2D eigenvalue weighted by Gasteiger charge is 2.29. The van der Waals surface area contributed by atoms with E-state index in [0.29, 0.717) is 11.8 Å². The normalized spacial score (nSPS) is 25.2. The molecule has 74 valence electrons. The molecule has 1 aliphatic carbocycles. The van der Waals surface area contributed by atoms with Crippen LogP contribution in [0.4, 0.5) is 0 Å². The lowest BCUT2D eigenvalue weighted by molar-refractivity contribution is -0.113. The number of hydrogen-bond donors (Lipinski definition) is 0. The molecule has 0 N–H and O–H groups in total. The van der Waals surface area contributed by atoms with Gasteiger partial charge in [-0.3, -0.25) is 0 Å². The minimum absolute atomic E-state index is 0.294. The Hall–Kier alpha value is -1.31. The standard InChI is InChI=1S/C12H14O2/c1-14-12-4-2-10(3-5-12)11-6-9(7-11)8-13/h2-5,8-9,11H,6-7H2,1H3. The van der Waals surface area contributed by atoms with E-state index in [2.05, 4.69) is 12.1 Å². The van der Waals surface area contributed by atoms with Gasteiger partial charge in [-0.15, -0.1) is 0 Å². The summed E-state index contributed by atoms with van der Waals surface area (Å²) in [5.41, 5.74) is 1.32. The van der Waals surface area contributed by atoms with Gasteiger partial charge < -0.3 is 9.53 Å². The van der Waals surface area contributed by atoms with E-state index < -0.39 is 0 Å². The summed E-state index contributed by atoms with van der Waals surface area (Å²) in [6, 6.07) is 8.13. The monoisotopic (exact) mass is 190 g/mol. The van der Waals surface area contributed by atoms with Crippen molar-refractivity contribution in [2.45, 2.75) is 18.8 Å². The van der Waals surface area contributed by atoms with Gasteiger partial charge in [0.2, 0.25) is 0 Å². The zero-order chi connectivity index (χ0) is 9.97. The van der Waals surface area contributed by atoms with Crippen molar-refractivity contribution in [3.8, 4) is 5.75 Å². The van der Waals surface area contributed by atoms with Crippen molar-refractivity contribution in [3.63, 3.8) is 0 Å². The van der Waals surface area contributed by atoms with E-state index in [1.807, 2.05) is 12.1 Å². The Bertz CT molecular complexity index is 310. The summed E-state index contributed by atoms with van der Waals surface area (Å²) in [6.07, 6.45) is 3.09. The molecule has 2 rings (SSSR count). The third kappa shape index (κ3) is 1.65. The molecule has 0 aliphatic heterocycles. The topological polar surface area (TPSA) is 26.3 Å². The fourth-order valence-corrected chi connectivity index (χ4v) is 1.92. The third-order valence-corrected chi connectivity index (χ3v) is 2.95. The number of methoxy groups -OCH3 is 1. The predicted molar refractivity (Wildman–Crippen MR) is 54.5 cm³/mol. The number of benzene rings is 1. The first-order chi connectivity index (χ1) is 6.83. The van der Waals surface area contributed by atoms with E-state index >= 15 is 0 Å². The minimum Gasteiger partial charge on any atom is -0.497 e. The third-order valence-electron chi connectivity index (χ3n) is 2.95. The Balaban J connectivity index is 2.01. The zero-order valence-corrected chi connectivity index (χ0v) is 8.27. The van der Waals surface area contributed by atoms with Crippen LogP contribution in [0.5, 0.6) is 5.75 Å². The maximum Gasteiger partial charge on any atom is 0.123 e. The van der Waals surface area contributed by atoms with Crippen LogP contribution >= 0.6 is 0 Å². The van der Waals surface area contributed by atoms with Crippen molar-refractivity contribution in [2.75, 3.05) is 7.11 Å². The number of rotatable bonds is 3. The largest absolute Gasteiger partial charge is 0.497 e. The van der Waals surface area contributed by atoms with Crippen LogP contribution in [0.25, 0.3) is 0 Å². The van der Waals surface area contributed by atoms with Crippen LogP contribution < -0.4 is 4.74 Å². The van der Waals surface area contributed by atoms with Crippen LogP contribution in [0.3, 0.4) is 0 Å². The fraction of sp³-hybridized carbons (Fsp3) is 0.417. The van der Waals surface area contributed by atoms with Crippen LogP contribution in [-0.4, -0.2) is 13.4 Å². The summed E-state index contributed by atoms with van der Waals surface area (Å²) in [4.78, 5) is 10.4. The van der Waals surface area contributed by atoms with E-state index in [4.69, 9.17) is 4.74 Å². The molecule has 0 saturated heterocycles. The lowest BCUT2D eigenvalue weighted by Gasteiger charge is -2.31. The number of hydrogen-bond acceptors (Lipinski definition) is 2. The summed E-state index contributed by atoms with van der Waals surface area (Å²) in [6.45, 7) is 0. The number of carbonyl (C=O) groups is 1. The first kappa shape index (κ1) is 9.25. The van der Waals surface area contributed by atoms with Gasteiger partial charge in [0.25, 0.3) is 0 Å². The molecule has 1 saturated carbocycles. The van der Waals surface area contributed by atoms with Crippen molar-refractivity contribution in [3.05, 3.63) is 29.8 Å². The highest BCUT2D eigenvalue weighted by atomic mass is 16.5. The lowest BCUT2D eigenvalue weighted by atomic mass is 9.72. The van der Waals surface area contributed by atoms with Crippen molar-refractivity contribution >= 4 is 6.29 Å². The van der Waals surface area contributed by atoms with Crippen LogP contribution in [0.15, 0.2) is 24.3 Å². The summed E-state index contributed by atoms with van der Waals surface area (Å²) >= 11 is 0. The first-order valence-corrected chi connectivity index (χ1v) is 4.92. The van der Waals surface area contributed by atoms with E-state index in [-0.39, 0.29) is 0 Å². The fourth-order valence-electron chi connectivity index (χ4n) is 1.92. The van der Waals surface area contributed by atoms with Gasteiger partial charge in [-0.05, 0) is 36.5 Å². The van der Waals surface area contributed by atoms with E-state index in [9.17, 15) is 4.79 Å². The molecular weight excluding hydrogens is 176 g/mol. The molecule has 0 atom stereocenters. The van der Waals surface area contributed by atoms with Gasteiger partial charge in [0.1, 0.15) is 12.0 Å². The molecule has 0 radical (unpaired) electrons. The van der Waals surface area contributed by atoms with Crippen molar-refractivity contribution < 1.29 is 9.53 Å². The number of ether oxygens (including phenoxy) is 1. The Morgan fingerprint density at radius 2 is 1.93 bits per heavy atom. The average Bonchev–Trinajstić information content (AvgIpc) is 2.17. The highest BCUT2D eigenvalue weighted by Crippen LogP contribution is 2.40. The van der Waals surface area contributed by atoms with Crippen molar-refractivity contribution in [1.29, 1.82) is 0 Å². The lowest BCUT2D eigenvalue weighted by Crippen LogP contribution is -2.22. The molecular formula is C12H14O2. The minimum atomic E-state index is 0.294. The molecule has 14 heavy (non-hydrogen) atoms. The quantitative estimate of drug-likeness (QED) is 0.684. The summed E-state index contributed by atoms with van der Waals surface area (Å²) in [7, 11) is 1.67. The molecule has 1 aromatic rings. The number of carbonyl (C=O) groups excluding carboxylic acids is 1. The Morgan fingerprint density at radius 3 is 2.43 bits per heavy atom. The summed E-state index contributed by atoms with van der Waals surface area (Å²) in [5, 5.41) is 0. The van der Waals surface area contributed by atoms with Crippen LogP contribution in [0.1, 0.15) is 24.3 Å². The van der Waals surface area contributed by atoms with Crippen molar-refractivity contribution in [2.24, 2.45) is 5.92 Å².